The normalized spacial score (nSPS) is 27.7. The Bertz CT molecular complexity index is 196. The van der Waals surface area contributed by atoms with Crippen LogP contribution in [-0.4, -0.2) is 16.7 Å². The zero-order valence-electron chi connectivity index (χ0n) is 8.64. The smallest absolute Gasteiger partial charge is 0.129 e. The molecule has 0 N–H and O–H groups in total. The number of halogens is 1. The van der Waals surface area contributed by atoms with E-state index in [1.807, 2.05) is 20.8 Å². The molecular weight excluding hydrogens is 186 g/mol. The monoisotopic (exact) mass is 203 g/mol. The number of oxime groups is 1. The largest absolute Gasteiger partial charge is 0.390 e. The topological polar surface area (TPSA) is 21.6 Å². The number of hydrogen-bond donors (Lipinski definition) is 0. The molecule has 1 unspecified atom stereocenters. The van der Waals surface area contributed by atoms with Gasteiger partial charge in [-0.15, -0.1) is 11.6 Å². The van der Waals surface area contributed by atoms with E-state index in [0.29, 0.717) is 0 Å². The molecule has 0 radical (unpaired) electrons. The van der Waals surface area contributed by atoms with Crippen molar-refractivity contribution in [3.8, 4) is 0 Å². The van der Waals surface area contributed by atoms with Crippen LogP contribution in [0.15, 0.2) is 5.16 Å². The van der Waals surface area contributed by atoms with Crippen LogP contribution in [0.1, 0.15) is 46.5 Å². The Morgan fingerprint density at radius 2 is 2.08 bits per heavy atom. The Balaban J connectivity index is 2.49. The zero-order chi connectivity index (χ0) is 9.90. The lowest BCUT2D eigenvalue weighted by Gasteiger charge is -2.21. The molecule has 3 heteroatoms. The predicted molar refractivity (Wildman–Crippen MR) is 56.4 cm³/mol. The van der Waals surface area contributed by atoms with Crippen molar-refractivity contribution in [3.63, 3.8) is 0 Å². The van der Waals surface area contributed by atoms with Gasteiger partial charge in [0.05, 0.1) is 11.1 Å². The van der Waals surface area contributed by atoms with E-state index in [2.05, 4.69) is 5.16 Å². The third-order valence-electron chi connectivity index (χ3n) is 1.94. The van der Waals surface area contributed by atoms with Crippen LogP contribution in [0.4, 0.5) is 0 Å². The summed E-state index contributed by atoms with van der Waals surface area (Å²) in [4.78, 5) is 5.34. The maximum Gasteiger partial charge on any atom is 0.129 e. The molecule has 0 aromatic rings. The van der Waals surface area contributed by atoms with E-state index < -0.39 is 0 Å². The van der Waals surface area contributed by atoms with Crippen LogP contribution in [0.3, 0.4) is 0 Å². The van der Waals surface area contributed by atoms with E-state index in [9.17, 15) is 0 Å². The van der Waals surface area contributed by atoms with Crippen molar-refractivity contribution in [2.75, 3.05) is 0 Å². The van der Waals surface area contributed by atoms with Crippen LogP contribution >= 0.6 is 11.6 Å². The fourth-order valence-corrected chi connectivity index (χ4v) is 1.55. The van der Waals surface area contributed by atoms with E-state index in [1.54, 1.807) is 0 Å². The van der Waals surface area contributed by atoms with Gasteiger partial charge in [-0.25, -0.2) is 0 Å². The van der Waals surface area contributed by atoms with Gasteiger partial charge < -0.3 is 4.84 Å². The summed E-state index contributed by atoms with van der Waals surface area (Å²) in [5, 5.41) is 4.21. The lowest BCUT2D eigenvalue weighted by molar-refractivity contribution is 0.0000421. The third kappa shape index (κ3) is 3.99. The average molecular weight is 204 g/mol. The van der Waals surface area contributed by atoms with E-state index >= 15 is 0 Å². The molecule has 1 fully saturated rings. The van der Waals surface area contributed by atoms with Crippen LogP contribution in [0.25, 0.3) is 0 Å². The van der Waals surface area contributed by atoms with Crippen LogP contribution in [0.2, 0.25) is 0 Å². The lowest BCUT2D eigenvalue weighted by atomic mass is 9.98. The van der Waals surface area contributed by atoms with Gasteiger partial charge in [-0.2, -0.15) is 0 Å². The van der Waals surface area contributed by atoms with E-state index in [1.165, 1.54) is 12.8 Å². The molecule has 76 valence electrons. The highest BCUT2D eigenvalue weighted by Gasteiger charge is 2.19. The van der Waals surface area contributed by atoms with Crippen molar-refractivity contribution in [1.29, 1.82) is 0 Å². The summed E-state index contributed by atoms with van der Waals surface area (Å²) in [5.74, 6) is 0. The van der Waals surface area contributed by atoms with Crippen LogP contribution in [0.5, 0.6) is 0 Å². The molecule has 1 atom stereocenters. The molecule has 1 rings (SSSR count). The maximum atomic E-state index is 6.10. The fraction of sp³-hybridized carbons (Fsp3) is 0.900. The Morgan fingerprint density at radius 3 is 2.62 bits per heavy atom. The molecule has 0 heterocycles. The molecule has 13 heavy (non-hydrogen) atoms. The Kier molecular flexibility index (Phi) is 3.60. The summed E-state index contributed by atoms with van der Waals surface area (Å²) in [6.07, 6.45) is 4.43. The number of alkyl halides is 1. The van der Waals surface area contributed by atoms with Gasteiger partial charge in [0.2, 0.25) is 0 Å². The fourth-order valence-electron chi connectivity index (χ4n) is 1.25. The second-order valence-electron chi connectivity index (χ2n) is 4.50. The Labute approximate surface area is 85.3 Å². The van der Waals surface area contributed by atoms with Crippen LogP contribution in [-0.2, 0) is 4.84 Å². The minimum absolute atomic E-state index is 0.0936. The van der Waals surface area contributed by atoms with Crippen molar-refractivity contribution < 1.29 is 4.84 Å². The van der Waals surface area contributed by atoms with Crippen LogP contribution in [0, 0.1) is 0 Å². The number of nitrogens with zero attached hydrogens (tertiary/aromatic N) is 1. The van der Waals surface area contributed by atoms with Crippen molar-refractivity contribution in [2.45, 2.75) is 57.4 Å². The second-order valence-corrected chi connectivity index (χ2v) is 5.03. The molecule has 0 bridgehead atoms. The van der Waals surface area contributed by atoms with Crippen molar-refractivity contribution in [3.05, 3.63) is 0 Å². The van der Waals surface area contributed by atoms with Gasteiger partial charge in [-0.1, -0.05) is 11.6 Å². The van der Waals surface area contributed by atoms with Gasteiger partial charge in [0.1, 0.15) is 5.60 Å². The lowest BCUT2D eigenvalue weighted by Crippen LogP contribution is -2.23. The summed E-state index contributed by atoms with van der Waals surface area (Å²) in [5.41, 5.74) is 0.809. The molecular formula is C10H18ClNO. The highest BCUT2D eigenvalue weighted by atomic mass is 35.5. The molecule has 0 aromatic heterocycles. The van der Waals surface area contributed by atoms with Crippen molar-refractivity contribution in [2.24, 2.45) is 5.16 Å². The number of hydrogen-bond acceptors (Lipinski definition) is 2. The van der Waals surface area contributed by atoms with E-state index in [-0.39, 0.29) is 11.0 Å². The first kappa shape index (κ1) is 10.8. The van der Waals surface area contributed by atoms with Gasteiger partial charge in [0, 0.05) is 0 Å². The highest BCUT2D eigenvalue weighted by molar-refractivity contribution is 6.32. The van der Waals surface area contributed by atoms with Gasteiger partial charge in [0.15, 0.2) is 0 Å². The molecule has 1 aliphatic carbocycles. The van der Waals surface area contributed by atoms with E-state index in [4.69, 9.17) is 16.4 Å². The SMILES string of the molecule is CC(C)(C)O/N=C1/CCCCC1Cl. The minimum atomic E-state index is -0.207. The van der Waals surface area contributed by atoms with Gasteiger partial charge >= 0.3 is 0 Å². The summed E-state index contributed by atoms with van der Waals surface area (Å²) in [6.45, 7) is 5.97. The maximum absolute atomic E-state index is 6.10. The quantitative estimate of drug-likeness (QED) is 0.473. The van der Waals surface area contributed by atoms with Gasteiger partial charge in [-0.3, -0.25) is 0 Å². The highest BCUT2D eigenvalue weighted by Crippen LogP contribution is 2.21. The third-order valence-corrected chi connectivity index (χ3v) is 2.41. The summed E-state index contributed by atoms with van der Waals surface area (Å²) in [7, 11) is 0. The first-order valence-electron chi connectivity index (χ1n) is 4.88. The number of rotatable bonds is 1. The Hall–Kier alpha value is -0.240. The molecule has 2 nitrogen and oxygen atoms in total. The minimum Gasteiger partial charge on any atom is -0.390 e. The first-order valence-corrected chi connectivity index (χ1v) is 5.32. The van der Waals surface area contributed by atoms with Crippen molar-refractivity contribution >= 4 is 17.3 Å². The average Bonchev–Trinajstić information content (AvgIpc) is 2.01. The molecule has 1 saturated carbocycles. The molecule has 1 aliphatic rings. The molecule has 0 aromatic carbocycles. The summed E-state index contributed by atoms with van der Waals surface area (Å²) < 4.78 is 0. The second kappa shape index (κ2) is 4.32. The molecule has 0 spiro atoms. The van der Waals surface area contributed by atoms with Crippen molar-refractivity contribution in [1.82, 2.24) is 0 Å². The zero-order valence-corrected chi connectivity index (χ0v) is 9.40. The molecule has 0 aliphatic heterocycles. The summed E-state index contributed by atoms with van der Waals surface area (Å²) >= 11 is 6.10. The van der Waals surface area contributed by atoms with E-state index in [0.717, 1.165) is 18.6 Å². The van der Waals surface area contributed by atoms with Gasteiger partial charge in [0.25, 0.3) is 0 Å². The van der Waals surface area contributed by atoms with Gasteiger partial charge in [-0.05, 0) is 40.0 Å². The first-order chi connectivity index (χ1) is 5.99. The summed E-state index contributed by atoms with van der Waals surface area (Å²) in [6, 6.07) is 0. The molecule has 0 saturated heterocycles. The predicted octanol–water partition coefficient (Wildman–Crippen LogP) is 3.34. The Morgan fingerprint density at radius 1 is 1.38 bits per heavy atom. The molecule has 0 amide bonds. The standard InChI is InChI=1S/C10H18ClNO/c1-10(2,3)13-12-9-7-5-4-6-8(9)11/h8H,4-7H2,1-3H3/b12-9-. The van der Waals surface area contributed by atoms with Crippen LogP contribution < -0.4 is 0 Å².